The summed E-state index contributed by atoms with van der Waals surface area (Å²) in [5, 5.41) is 0.607. The van der Waals surface area contributed by atoms with E-state index in [2.05, 4.69) is 4.98 Å². The van der Waals surface area contributed by atoms with Crippen LogP contribution in [-0.4, -0.2) is 42.5 Å². The molecule has 0 unspecified atom stereocenters. The summed E-state index contributed by atoms with van der Waals surface area (Å²) >= 11 is 5.81. The summed E-state index contributed by atoms with van der Waals surface area (Å²) in [5.74, 6) is 0.953. The van der Waals surface area contributed by atoms with Gasteiger partial charge in [-0.15, -0.1) is 0 Å². The molecule has 0 bridgehead atoms. The third-order valence-corrected chi connectivity index (χ3v) is 3.66. The number of likely N-dealkylation sites (tertiary alicyclic amines) is 1. The fourth-order valence-electron chi connectivity index (χ4n) is 2.30. The molecule has 1 aliphatic heterocycles. The summed E-state index contributed by atoms with van der Waals surface area (Å²) in [6, 6.07) is 3.62. The monoisotopic (exact) mass is 281 g/mol. The van der Waals surface area contributed by atoms with Crippen LogP contribution in [0.5, 0.6) is 0 Å². The third-order valence-electron chi connectivity index (χ3n) is 3.43. The summed E-state index contributed by atoms with van der Waals surface area (Å²) in [7, 11) is 1.88. The molecule has 0 aliphatic carbocycles. The molecule has 104 valence electrons. The van der Waals surface area contributed by atoms with Crippen LogP contribution in [0.3, 0.4) is 0 Å². The second-order valence-electron chi connectivity index (χ2n) is 4.99. The molecule has 1 saturated heterocycles. The molecule has 2 rings (SSSR count). The average Bonchev–Trinajstić information content (AvgIpc) is 2.68. The van der Waals surface area contributed by atoms with Crippen LogP contribution in [0.4, 0.5) is 5.82 Å². The Kier molecular flexibility index (Phi) is 5.02. The van der Waals surface area contributed by atoms with Gasteiger partial charge in [0.1, 0.15) is 5.82 Å². The largest absolute Gasteiger partial charge is 0.350 e. The zero-order chi connectivity index (χ0) is 13.7. The second kappa shape index (κ2) is 6.75. The predicted molar refractivity (Wildman–Crippen MR) is 77.6 cm³/mol. The number of hydrogen-bond donors (Lipinski definition) is 0. The van der Waals surface area contributed by atoms with Crippen LogP contribution in [0.25, 0.3) is 0 Å². The number of nitrogens with zero attached hydrogens (tertiary/aromatic N) is 3. The summed E-state index contributed by atoms with van der Waals surface area (Å²) in [5.41, 5.74) is 0. The number of carbonyl (C=O) groups is 1. The molecule has 4 nitrogen and oxygen atoms in total. The molecule has 0 radical (unpaired) electrons. The van der Waals surface area contributed by atoms with Crippen molar-refractivity contribution in [1.82, 2.24) is 9.88 Å². The maximum atomic E-state index is 12.2. The number of amides is 1. The van der Waals surface area contributed by atoms with Crippen molar-refractivity contribution in [2.45, 2.75) is 25.7 Å². The van der Waals surface area contributed by atoms with Gasteiger partial charge >= 0.3 is 0 Å². The van der Waals surface area contributed by atoms with Gasteiger partial charge in [0.25, 0.3) is 0 Å². The summed E-state index contributed by atoms with van der Waals surface area (Å²) in [6.45, 7) is 2.15. The highest BCUT2D eigenvalue weighted by Gasteiger charge is 2.17. The first-order valence-corrected chi connectivity index (χ1v) is 7.15. The predicted octanol–water partition coefficient (Wildman–Crippen LogP) is 2.57. The molecule has 1 amide bonds. The number of hydrogen-bond acceptors (Lipinski definition) is 3. The first-order chi connectivity index (χ1) is 9.16. The van der Waals surface area contributed by atoms with Crippen LogP contribution in [0, 0.1) is 0 Å². The minimum absolute atomic E-state index is 0.182. The van der Waals surface area contributed by atoms with E-state index in [-0.39, 0.29) is 5.91 Å². The van der Waals surface area contributed by atoms with Crippen molar-refractivity contribution in [3.63, 3.8) is 0 Å². The van der Waals surface area contributed by atoms with Gasteiger partial charge in [-0.05, 0) is 25.0 Å². The quantitative estimate of drug-likeness (QED) is 0.854. The summed E-state index contributed by atoms with van der Waals surface area (Å²) < 4.78 is 0. The van der Waals surface area contributed by atoms with Gasteiger partial charge in [0.15, 0.2) is 0 Å². The van der Waals surface area contributed by atoms with Gasteiger partial charge in [-0.2, -0.15) is 0 Å². The fraction of sp³-hybridized carbons (Fsp3) is 0.571. The topological polar surface area (TPSA) is 36.4 Å². The molecule has 0 spiro atoms. The third kappa shape index (κ3) is 4.10. The standard InChI is InChI=1S/C14H20ClN3O/c1-17(13-7-6-12(15)10-16-13)11-14(19)18-8-4-2-3-5-9-18/h6-7,10H,2-5,8-9,11H2,1H3. The maximum Gasteiger partial charge on any atom is 0.242 e. The molecular weight excluding hydrogens is 262 g/mol. The highest BCUT2D eigenvalue weighted by molar-refractivity contribution is 6.30. The van der Waals surface area contributed by atoms with Gasteiger partial charge in [0.2, 0.25) is 5.91 Å². The highest BCUT2D eigenvalue weighted by atomic mass is 35.5. The number of carbonyl (C=O) groups excluding carboxylic acids is 1. The highest BCUT2D eigenvalue weighted by Crippen LogP contribution is 2.14. The van der Waals surface area contributed by atoms with E-state index in [9.17, 15) is 4.79 Å². The number of pyridine rings is 1. The van der Waals surface area contributed by atoms with E-state index in [1.165, 1.54) is 12.8 Å². The molecule has 1 aliphatic rings. The van der Waals surface area contributed by atoms with Crippen molar-refractivity contribution in [3.05, 3.63) is 23.4 Å². The Labute approximate surface area is 119 Å². The van der Waals surface area contributed by atoms with Gasteiger partial charge in [0, 0.05) is 26.3 Å². The van der Waals surface area contributed by atoms with E-state index in [0.717, 1.165) is 31.7 Å². The molecular formula is C14H20ClN3O. The number of rotatable bonds is 3. The maximum absolute atomic E-state index is 12.2. The van der Waals surface area contributed by atoms with E-state index in [4.69, 9.17) is 11.6 Å². The first-order valence-electron chi connectivity index (χ1n) is 6.77. The molecule has 1 aromatic heterocycles. The van der Waals surface area contributed by atoms with Crippen molar-refractivity contribution in [1.29, 1.82) is 0 Å². The lowest BCUT2D eigenvalue weighted by atomic mass is 10.2. The van der Waals surface area contributed by atoms with Crippen LogP contribution in [0.2, 0.25) is 5.02 Å². The Balaban J connectivity index is 1.92. The van der Waals surface area contributed by atoms with Crippen LogP contribution in [0.15, 0.2) is 18.3 Å². The average molecular weight is 282 g/mol. The van der Waals surface area contributed by atoms with Gasteiger partial charge < -0.3 is 9.80 Å². The van der Waals surface area contributed by atoms with E-state index in [1.807, 2.05) is 22.9 Å². The molecule has 1 aromatic rings. The Morgan fingerprint density at radius 1 is 1.32 bits per heavy atom. The van der Waals surface area contributed by atoms with Crippen molar-refractivity contribution >= 4 is 23.3 Å². The smallest absolute Gasteiger partial charge is 0.242 e. The van der Waals surface area contributed by atoms with Crippen molar-refractivity contribution in [3.8, 4) is 0 Å². The van der Waals surface area contributed by atoms with Crippen LogP contribution in [0.1, 0.15) is 25.7 Å². The molecule has 19 heavy (non-hydrogen) atoms. The van der Waals surface area contributed by atoms with Gasteiger partial charge in [-0.3, -0.25) is 4.79 Å². The van der Waals surface area contributed by atoms with E-state index < -0.39 is 0 Å². The molecule has 0 aromatic carbocycles. The minimum Gasteiger partial charge on any atom is -0.350 e. The molecule has 2 heterocycles. The van der Waals surface area contributed by atoms with Crippen LogP contribution < -0.4 is 4.90 Å². The number of likely N-dealkylation sites (N-methyl/N-ethyl adjacent to an activating group) is 1. The first kappa shape index (κ1) is 14.1. The van der Waals surface area contributed by atoms with Gasteiger partial charge in [-0.1, -0.05) is 24.4 Å². The Morgan fingerprint density at radius 2 is 2.00 bits per heavy atom. The zero-order valence-corrected chi connectivity index (χ0v) is 12.1. The molecule has 5 heteroatoms. The second-order valence-corrected chi connectivity index (χ2v) is 5.42. The van der Waals surface area contributed by atoms with E-state index in [0.29, 0.717) is 11.6 Å². The van der Waals surface area contributed by atoms with Crippen molar-refractivity contribution < 1.29 is 4.79 Å². The van der Waals surface area contributed by atoms with Crippen LogP contribution in [-0.2, 0) is 4.79 Å². The lowest BCUT2D eigenvalue weighted by Gasteiger charge is -2.24. The molecule has 0 N–H and O–H groups in total. The number of anilines is 1. The van der Waals surface area contributed by atoms with Gasteiger partial charge in [-0.25, -0.2) is 4.98 Å². The SMILES string of the molecule is CN(CC(=O)N1CCCCCC1)c1ccc(Cl)cn1. The zero-order valence-electron chi connectivity index (χ0n) is 11.3. The van der Waals surface area contributed by atoms with Crippen LogP contribution >= 0.6 is 11.6 Å². The lowest BCUT2D eigenvalue weighted by molar-refractivity contribution is -0.129. The Bertz CT molecular complexity index is 413. The Hall–Kier alpha value is -1.29. The molecule has 1 fully saturated rings. The van der Waals surface area contributed by atoms with E-state index >= 15 is 0 Å². The minimum atomic E-state index is 0.182. The Morgan fingerprint density at radius 3 is 2.58 bits per heavy atom. The molecule has 0 atom stereocenters. The molecule has 0 saturated carbocycles. The normalized spacial score (nSPS) is 16.0. The van der Waals surface area contributed by atoms with E-state index in [1.54, 1.807) is 12.3 Å². The summed E-state index contributed by atoms with van der Waals surface area (Å²) in [4.78, 5) is 20.3. The number of aromatic nitrogens is 1. The summed E-state index contributed by atoms with van der Waals surface area (Å²) in [6.07, 6.45) is 6.31. The van der Waals surface area contributed by atoms with Crippen molar-refractivity contribution in [2.75, 3.05) is 31.6 Å². The number of halogens is 1. The fourth-order valence-corrected chi connectivity index (χ4v) is 2.41. The van der Waals surface area contributed by atoms with Crippen molar-refractivity contribution in [2.24, 2.45) is 0 Å². The van der Waals surface area contributed by atoms with Gasteiger partial charge in [0.05, 0.1) is 11.6 Å². The lowest BCUT2D eigenvalue weighted by Crippen LogP contribution is -2.39.